The predicted octanol–water partition coefficient (Wildman–Crippen LogP) is 3.77. The third-order valence-corrected chi connectivity index (χ3v) is 6.28. The Morgan fingerprint density at radius 3 is 2.50 bits per heavy atom. The van der Waals surface area contributed by atoms with Crippen molar-refractivity contribution in [1.29, 1.82) is 0 Å². The molecule has 3 nitrogen and oxygen atoms in total. The van der Waals surface area contributed by atoms with Gasteiger partial charge in [-0.15, -0.1) is 0 Å². The molecule has 2 aliphatic carbocycles. The highest BCUT2D eigenvalue weighted by atomic mass is 15.3. The highest BCUT2D eigenvalue weighted by Crippen LogP contribution is 2.49. The summed E-state index contributed by atoms with van der Waals surface area (Å²) in [7, 11) is 2.04. The number of hydrogen-bond acceptors (Lipinski definition) is 2. The van der Waals surface area contributed by atoms with Gasteiger partial charge in [-0.05, 0) is 83.1 Å². The third-order valence-electron chi connectivity index (χ3n) is 6.28. The first-order valence-corrected chi connectivity index (χ1v) is 9.19. The predicted molar refractivity (Wildman–Crippen MR) is 92.0 cm³/mol. The summed E-state index contributed by atoms with van der Waals surface area (Å²) in [4.78, 5) is 0. The molecule has 0 aromatic carbocycles. The highest BCUT2D eigenvalue weighted by molar-refractivity contribution is 5.25. The van der Waals surface area contributed by atoms with E-state index >= 15 is 0 Å². The van der Waals surface area contributed by atoms with Gasteiger partial charge in [-0.3, -0.25) is 4.68 Å². The minimum atomic E-state index is 0.523. The molecule has 1 aromatic heterocycles. The van der Waals surface area contributed by atoms with Crippen LogP contribution in [-0.4, -0.2) is 21.9 Å². The minimum Gasteiger partial charge on any atom is -0.311 e. The van der Waals surface area contributed by atoms with Crippen LogP contribution < -0.4 is 5.32 Å². The largest absolute Gasteiger partial charge is 0.311 e. The summed E-state index contributed by atoms with van der Waals surface area (Å²) in [5, 5.41) is 8.38. The molecule has 3 rings (SSSR count). The number of nitrogens with zero attached hydrogens (tertiary/aromatic N) is 2. The summed E-state index contributed by atoms with van der Waals surface area (Å²) in [6.07, 6.45) is 8.51. The van der Waals surface area contributed by atoms with Crippen molar-refractivity contribution in [3.63, 3.8) is 0 Å². The van der Waals surface area contributed by atoms with Gasteiger partial charge in [0.2, 0.25) is 0 Å². The van der Waals surface area contributed by atoms with Gasteiger partial charge in [0.1, 0.15) is 0 Å². The Kier molecular flexibility index (Phi) is 4.63. The lowest BCUT2D eigenvalue weighted by Crippen LogP contribution is -2.37. The summed E-state index contributed by atoms with van der Waals surface area (Å²) in [5.41, 5.74) is 3.93. The van der Waals surface area contributed by atoms with E-state index in [1.54, 1.807) is 0 Å². The number of aryl methyl sites for hydroxylation is 2. The van der Waals surface area contributed by atoms with E-state index in [4.69, 9.17) is 0 Å². The molecule has 1 heterocycles. The Hall–Kier alpha value is -0.830. The summed E-state index contributed by atoms with van der Waals surface area (Å²) < 4.78 is 2.01. The topological polar surface area (TPSA) is 29.9 Å². The average Bonchev–Trinajstić information content (AvgIpc) is 3.10. The van der Waals surface area contributed by atoms with Crippen LogP contribution in [0.5, 0.6) is 0 Å². The standard InChI is InChI=1S/C19H33N3/c1-12(8-18-11-16-6-7-17(18)10-16)20-13(2)9-19-14(3)21-22(5)15(19)4/h12-13,16-18,20H,6-11H2,1-5H3/t12-,13+,16+,17+,18+/m1/s1. The Bertz CT molecular complexity index is 519. The molecule has 0 saturated heterocycles. The van der Waals surface area contributed by atoms with E-state index < -0.39 is 0 Å². The fraction of sp³-hybridized carbons (Fsp3) is 0.842. The van der Waals surface area contributed by atoms with Crippen LogP contribution >= 0.6 is 0 Å². The van der Waals surface area contributed by atoms with Crippen molar-refractivity contribution < 1.29 is 0 Å². The first kappa shape index (κ1) is 16.0. The van der Waals surface area contributed by atoms with E-state index in [-0.39, 0.29) is 0 Å². The maximum atomic E-state index is 4.54. The molecule has 22 heavy (non-hydrogen) atoms. The SMILES string of the molecule is Cc1nn(C)c(C)c1C[C@H](C)N[C@H](C)C[C@H]1C[C@H]2CC[C@H]1C2. The second kappa shape index (κ2) is 6.35. The molecule has 2 bridgehead atoms. The minimum absolute atomic E-state index is 0.523. The van der Waals surface area contributed by atoms with Gasteiger partial charge in [-0.1, -0.05) is 6.42 Å². The quantitative estimate of drug-likeness (QED) is 0.867. The average molecular weight is 303 g/mol. The number of fused-ring (bicyclic) bond motifs is 2. The van der Waals surface area contributed by atoms with Gasteiger partial charge in [0, 0.05) is 24.8 Å². The molecule has 0 amide bonds. The van der Waals surface area contributed by atoms with Crippen molar-refractivity contribution in [3.05, 3.63) is 17.0 Å². The zero-order valence-corrected chi connectivity index (χ0v) is 15.0. The van der Waals surface area contributed by atoms with E-state index in [9.17, 15) is 0 Å². The lowest BCUT2D eigenvalue weighted by Gasteiger charge is -2.27. The van der Waals surface area contributed by atoms with E-state index in [0.717, 1.165) is 24.2 Å². The third kappa shape index (κ3) is 3.24. The van der Waals surface area contributed by atoms with Gasteiger partial charge in [0.25, 0.3) is 0 Å². The van der Waals surface area contributed by atoms with Gasteiger partial charge in [-0.25, -0.2) is 0 Å². The molecule has 1 aromatic rings. The molecule has 2 aliphatic rings. The summed E-state index contributed by atoms with van der Waals surface area (Å²) in [6, 6.07) is 1.16. The van der Waals surface area contributed by atoms with Crippen molar-refractivity contribution in [2.75, 3.05) is 0 Å². The van der Waals surface area contributed by atoms with E-state index in [1.165, 1.54) is 49.1 Å². The molecule has 0 aliphatic heterocycles. The van der Waals surface area contributed by atoms with Crippen LogP contribution in [0.2, 0.25) is 0 Å². The van der Waals surface area contributed by atoms with Crippen LogP contribution in [0.15, 0.2) is 0 Å². The summed E-state index contributed by atoms with van der Waals surface area (Å²) in [5.74, 6) is 3.11. The molecular weight excluding hydrogens is 270 g/mol. The van der Waals surface area contributed by atoms with Crippen molar-refractivity contribution in [1.82, 2.24) is 15.1 Å². The highest BCUT2D eigenvalue weighted by Gasteiger charge is 2.39. The molecule has 2 saturated carbocycles. The van der Waals surface area contributed by atoms with Crippen LogP contribution in [-0.2, 0) is 13.5 Å². The molecule has 0 spiro atoms. The molecule has 3 heteroatoms. The summed E-state index contributed by atoms with van der Waals surface area (Å²) >= 11 is 0. The van der Waals surface area contributed by atoms with Gasteiger partial charge in [0.05, 0.1) is 5.69 Å². The van der Waals surface area contributed by atoms with E-state index in [0.29, 0.717) is 12.1 Å². The zero-order valence-electron chi connectivity index (χ0n) is 15.0. The Morgan fingerprint density at radius 1 is 1.18 bits per heavy atom. The van der Waals surface area contributed by atoms with Crippen LogP contribution in [0, 0.1) is 31.6 Å². The first-order valence-electron chi connectivity index (χ1n) is 9.19. The van der Waals surface area contributed by atoms with Gasteiger partial charge in [-0.2, -0.15) is 5.10 Å². The molecule has 5 atom stereocenters. The van der Waals surface area contributed by atoms with Gasteiger partial charge in [0.15, 0.2) is 0 Å². The van der Waals surface area contributed by atoms with Crippen LogP contribution in [0.3, 0.4) is 0 Å². The number of nitrogens with one attached hydrogen (secondary N) is 1. The lowest BCUT2D eigenvalue weighted by atomic mass is 9.84. The molecule has 0 unspecified atom stereocenters. The van der Waals surface area contributed by atoms with Crippen molar-refractivity contribution in [2.45, 2.75) is 78.3 Å². The Morgan fingerprint density at radius 2 is 1.95 bits per heavy atom. The number of rotatable bonds is 6. The van der Waals surface area contributed by atoms with Crippen molar-refractivity contribution in [2.24, 2.45) is 24.8 Å². The Labute approximate surface area is 135 Å². The fourth-order valence-electron chi connectivity index (χ4n) is 5.15. The normalized spacial score (nSPS) is 30.0. The van der Waals surface area contributed by atoms with Crippen LogP contribution in [0.1, 0.15) is 62.9 Å². The second-order valence-corrected chi connectivity index (χ2v) is 8.12. The van der Waals surface area contributed by atoms with Crippen molar-refractivity contribution >= 4 is 0 Å². The van der Waals surface area contributed by atoms with Crippen LogP contribution in [0.25, 0.3) is 0 Å². The van der Waals surface area contributed by atoms with E-state index in [1.807, 2.05) is 11.7 Å². The number of aromatic nitrogens is 2. The second-order valence-electron chi connectivity index (χ2n) is 8.12. The molecule has 0 radical (unpaired) electrons. The lowest BCUT2D eigenvalue weighted by molar-refractivity contribution is 0.276. The zero-order chi connectivity index (χ0) is 15.9. The smallest absolute Gasteiger partial charge is 0.0628 e. The van der Waals surface area contributed by atoms with Gasteiger partial charge < -0.3 is 5.32 Å². The first-order chi connectivity index (χ1) is 10.4. The number of hydrogen-bond donors (Lipinski definition) is 1. The van der Waals surface area contributed by atoms with Crippen LogP contribution in [0.4, 0.5) is 0 Å². The van der Waals surface area contributed by atoms with Gasteiger partial charge >= 0.3 is 0 Å². The molecule has 124 valence electrons. The maximum absolute atomic E-state index is 4.54. The molecular formula is C19H33N3. The molecule has 1 N–H and O–H groups in total. The molecule has 2 fully saturated rings. The maximum Gasteiger partial charge on any atom is 0.0628 e. The summed E-state index contributed by atoms with van der Waals surface area (Å²) in [6.45, 7) is 9.02. The fourth-order valence-corrected chi connectivity index (χ4v) is 5.15. The van der Waals surface area contributed by atoms with E-state index in [2.05, 4.69) is 38.1 Å². The monoisotopic (exact) mass is 303 g/mol. The Balaban J connectivity index is 1.49. The van der Waals surface area contributed by atoms with Crippen molar-refractivity contribution in [3.8, 4) is 0 Å².